The van der Waals surface area contributed by atoms with Crippen LogP contribution in [0, 0.1) is 5.92 Å². The Morgan fingerprint density at radius 1 is 1.04 bits per heavy atom. The van der Waals surface area contributed by atoms with Crippen LogP contribution in [0.25, 0.3) is 0 Å². The van der Waals surface area contributed by atoms with Gasteiger partial charge in [-0.15, -0.1) is 0 Å². The van der Waals surface area contributed by atoms with E-state index in [2.05, 4.69) is 5.32 Å². The lowest BCUT2D eigenvalue weighted by Gasteiger charge is -2.48. The van der Waals surface area contributed by atoms with Gasteiger partial charge >= 0.3 is 0 Å². The molecule has 1 saturated heterocycles. The lowest BCUT2D eigenvalue weighted by molar-refractivity contribution is -0.0861. The van der Waals surface area contributed by atoms with Crippen LogP contribution in [-0.4, -0.2) is 38.6 Å². The molecule has 0 amide bonds. The number of hydrogen-bond acceptors (Lipinski definition) is 5. The third kappa shape index (κ3) is 2.88. The summed E-state index contributed by atoms with van der Waals surface area (Å²) in [7, 11) is 4.87. The van der Waals surface area contributed by atoms with Gasteiger partial charge in [-0.25, -0.2) is 0 Å². The highest BCUT2D eigenvalue weighted by Gasteiger charge is 2.46. The maximum atomic E-state index is 11.0. The molecule has 0 radical (unpaired) electrons. The molecule has 128 valence electrons. The molecule has 2 N–H and O–H groups in total. The highest BCUT2D eigenvalue weighted by molar-refractivity contribution is 5.54. The zero-order chi connectivity index (χ0) is 16.4. The van der Waals surface area contributed by atoms with Crippen molar-refractivity contribution in [1.29, 1.82) is 0 Å². The Labute approximate surface area is 137 Å². The van der Waals surface area contributed by atoms with Gasteiger partial charge in [0.2, 0.25) is 5.75 Å². The fourth-order valence-corrected chi connectivity index (χ4v) is 4.25. The first kappa shape index (κ1) is 16.4. The van der Waals surface area contributed by atoms with Gasteiger partial charge in [0, 0.05) is 12.0 Å². The largest absolute Gasteiger partial charge is 0.493 e. The van der Waals surface area contributed by atoms with Gasteiger partial charge in [-0.1, -0.05) is 12.8 Å². The van der Waals surface area contributed by atoms with E-state index >= 15 is 0 Å². The quantitative estimate of drug-likeness (QED) is 0.893. The third-order valence-electron chi connectivity index (χ3n) is 5.44. The maximum absolute atomic E-state index is 11.0. The summed E-state index contributed by atoms with van der Waals surface area (Å²) in [6.45, 7) is 0.828. The van der Waals surface area contributed by atoms with E-state index in [4.69, 9.17) is 14.2 Å². The van der Waals surface area contributed by atoms with Crippen molar-refractivity contribution in [3.63, 3.8) is 0 Å². The summed E-state index contributed by atoms with van der Waals surface area (Å²) < 4.78 is 16.4. The summed E-state index contributed by atoms with van der Waals surface area (Å²) in [5.74, 6) is 2.16. The molecule has 1 aromatic carbocycles. The molecule has 5 nitrogen and oxygen atoms in total. The van der Waals surface area contributed by atoms with E-state index in [1.807, 2.05) is 12.1 Å². The molecule has 1 aliphatic heterocycles. The number of nitrogens with one attached hydrogen (secondary N) is 1. The molecular formula is C18H27NO4. The highest BCUT2D eigenvalue weighted by Crippen LogP contribution is 2.48. The van der Waals surface area contributed by atoms with Crippen LogP contribution in [0.3, 0.4) is 0 Å². The van der Waals surface area contributed by atoms with Crippen LogP contribution in [0.5, 0.6) is 17.2 Å². The Morgan fingerprint density at radius 2 is 1.74 bits per heavy atom. The van der Waals surface area contributed by atoms with Crippen LogP contribution in [0.1, 0.15) is 43.7 Å². The van der Waals surface area contributed by atoms with Gasteiger partial charge in [0.25, 0.3) is 0 Å². The Morgan fingerprint density at radius 3 is 2.35 bits per heavy atom. The SMILES string of the molecule is COc1cc([C@@H]2NCC[C@]3(O)CCCC[C@H]23)cc(OC)c1OC. The van der Waals surface area contributed by atoms with Crippen LogP contribution in [0.2, 0.25) is 0 Å². The van der Waals surface area contributed by atoms with Crippen molar-refractivity contribution in [1.82, 2.24) is 5.32 Å². The molecule has 0 unspecified atom stereocenters. The predicted molar refractivity (Wildman–Crippen MR) is 88.4 cm³/mol. The Bertz CT molecular complexity index is 533. The Kier molecular flexibility index (Phi) is 4.69. The molecule has 0 bridgehead atoms. The van der Waals surface area contributed by atoms with Crippen molar-refractivity contribution in [3.05, 3.63) is 17.7 Å². The van der Waals surface area contributed by atoms with Crippen molar-refractivity contribution in [2.75, 3.05) is 27.9 Å². The lowest BCUT2D eigenvalue weighted by atomic mass is 9.67. The Hall–Kier alpha value is -1.46. The molecule has 3 rings (SSSR count). The zero-order valence-corrected chi connectivity index (χ0v) is 14.2. The smallest absolute Gasteiger partial charge is 0.203 e. The van der Waals surface area contributed by atoms with E-state index in [1.54, 1.807) is 21.3 Å². The summed E-state index contributed by atoms with van der Waals surface area (Å²) >= 11 is 0. The molecule has 23 heavy (non-hydrogen) atoms. The number of fused-ring (bicyclic) bond motifs is 1. The molecule has 3 atom stereocenters. The minimum atomic E-state index is -0.547. The van der Waals surface area contributed by atoms with Crippen molar-refractivity contribution in [3.8, 4) is 17.2 Å². The fourth-order valence-electron chi connectivity index (χ4n) is 4.25. The van der Waals surface area contributed by atoms with Crippen LogP contribution in [-0.2, 0) is 0 Å². The van der Waals surface area contributed by atoms with Gasteiger partial charge in [0.15, 0.2) is 11.5 Å². The molecule has 2 fully saturated rings. The second kappa shape index (κ2) is 6.57. The summed E-state index contributed by atoms with van der Waals surface area (Å²) in [6.07, 6.45) is 5.08. The normalized spacial score (nSPS) is 30.4. The fraction of sp³-hybridized carbons (Fsp3) is 0.667. The van der Waals surface area contributed by atoms with Gasteiger partial charge in [-0.3, -0.25) is 0 Å². The van der Waals surface area contributed by atoms with Crippen molar-refractivity contribution >= 4 is 0 Å². The number of hydrogen-bond donors (Lipinski definition) is 2. The number of aliphatic hydroxyl groups is 1. The second-order valence-electron chi connectivity index (χ2n) is 6.60. The summed E-state index contributed by atoms with van der Waals surface area (Å²) in [6, 6.07) is 4.11. The Balaban J connectivity index is 2.00. The number of piperidine rings is 1. The minimum absolute atomic E-state index is 0.114. The zero-order valence-electron chi connectivity index (χ0n) is 14.2. The van der Waals surface area contributed by atoms with E-state index < -0.39 is 5.60 Å². The monoisotopic (exact) mass is 321 g/mol. The molecule has 1 aliphatic carbocycles. The average Bonchev–Trinajstić information content (AvgIpc) is 2.59. The molecule has 0 aromatic heterocycles. The van der Waals surface area contributed by atoms with Crippen molar-refractivity contribution in [2.45, 2.75) is 43.7 Å². The minimum Gasteiger partial charge on any atom is -0.493 e. The van der Waals surface area contributed by atoms with Gasteiger partial charge in [0.1, 0.15) is 0 Å². The average molecular weight is 321 g/mol. The number of benzene rings is 1. The first-order valence-electron chi connectivity index (χ1n) is 8.38. The van der Waals surface area contributed by atoms with Crippen LogP contribution in [0.4, 0.5) is 0 Å². The van der Waals surface area contributed by atoms with E-state index in [-0.39, 0.29) is 12.0 Å². The molecule has 1 aromatic rings. The van der Waals surface area contributed by atoms with E-state index in [0.29, 0.717) is 17.2 Å². The number of rotatable bonds is 4. The standard InChI is InChI=1S/C18H27NO4/c1-21-14-10-12(11-15(22-2)17(14)23-3)16-13-6-4-5-7-18(13,20)8-9-19-16/h10-11,13,16,19-20H,4-9H2,1-3H3/t13-,16+,18-/m1/s1. The summed E-state index contributed by atoms with van der Waals surface area (Å²) in [5.41, 5.74) is 0.540. The maximum Gasteiger partial charge on any atom is 0.203 e. The summed E-state index contributed by atoms with van der Waals surface area (Å²) in [5, 5.41) is 14.6. The van der Waals surface area contributed by atoms with Gasteiger partial charge in [-0.2, -0.15) is 0 Å². The van der Waals surface area contributed by atoms with Crippen LogP contribution >= 0.6 is 0 Å². The molecule has 0 spiro atoms. The van der Waals surface area contributed by atoms with Crippen molar-refractivity contribution < 1.29 is 19.3 Å². The van der Waals surface area contributed by atoms with Crippen LogP contribution < -0.4 is 19.5 Å². The topological polar surface area (TPSA) is 60.0 Å². The van der Waals surface area contributed by atoms with E-state index in [0.717, 1.165) is 37.8 Å². The second-order valence-corrected chi connectivity index (χ2v) is 6.60. The lowest BCUT2D eigenvalue weighted by Crippen LogP contribution is -2.53. The molecule has 5 heteroatoms. The van der Waals surface area contributed by atoms with E-state index in [9.17, 15) is 5.11 Å². The summed E-state index contributed by atoms with van der Waals surface area (Å²) in [4.78, 5) is 0. The first-order valence-corrected chi connectivity index (χ1v) is 8.38. The third-order valence-corrected chi connectivity index (χ3v) is 5.44. The van der Waals surface area contributed by atoms with Gasteiger partial charge in [0.05, 0.1) is 26.9 Å². The molecule has 1 saturated carbocycles. The predicted octanol–water partition coefficient (Wildman–Crippen LogP) is 2.67. The van der Waals surface area contributed by atoms with Gasteiger partial charge < -0.3 is 24.6 Å². The van der Waals surface area contributed by atoms with Crippen molar-refractivity contribution in [2.24, 2.45) is 5.92 Å². The van der Waals surface area contributed by atoms with Crippen LogP contribution in [0.15, 0.2) is 12.1 Å². The first-order chi connectivity index (χ1) is 11.1. The van der Waals surface area contributed by atoms with Gasteiger partial charge in [-0.05, 0) is 43.5 Å². The molecular weight excluding hydrogens is 294 g/mol. The number of methoxy groups -OCH3 is 3. The molecule has 1 heterocycles. The van der Waals surface area contributed by atoms with E-state index in [1.165, 1.54) is 6.42 Å². The molecule has 2 aliphatic rings. The highest BCUT2D eigenvalue weighted by atomic mass is 16.5. The number of ether oxygens (including phenoxy) is 3.